The zero-order chi connectivity index (χ0) is 13.7. The van der Waals surface area contributed by atoms with E-state index in [-0.39, 0.29) is 5.97 Å². The smallest absolute Gasteiger partial charge is 0.349 e. The summed E-state index contributed by atoms with van der Waals surface area (Å²) in [5, 5.41) is 4.07. The van der Waals surface area contributed by atoms with Crippen LogP contribution in [0.15, 0.2) is 12.4 Å². The molecule has 0 aromatic carbocycles. The minimum atomic E-state index is -0.342. The molecular formula is C12H17N3O2S. The van der Waals surface area contributed by atoms with Gasteiger partial charge in [0.25, 0.3) is 0 Å². The minimum Gasteiger partial charge on any atom is -0.465 e. The van der Waals surface area contributed by atoms with Crippen molar-refractivity contribution in [3.63, 3.8) is 0 Å². The molecule has 98 valence electrons. The Labute approximate surface area is 111 Å². The normalized spacial score (nSPS) is 9.61. The molecule has 0 atom stereocenters. The second-order valence-electron chi connectivity index (χ2n) is 3.38. The average Bonchev–Trinajstić information content (AvgIpc) is 2.97. The van der Waals surface area contributed by atoms with Crippen LogP contribution < -0.4 is 0 Å². The van der Waals surface area contributed by atoms with E-state index in [4.69, 9.17) is 0 Å². The standard InChI is InChI=1S/C10H11N3O2S.C2H6/c1-6-8(7-4-11-13(2)5-7)12-16-9(6)10(14)15-3;1-2/h4-5H,1-3H3;1-2H3. The number of carbonyl (C=O) groups is 1. The zero-order valence-corrected chi connectivity index (χ0v) is 12.0. The highest BCUT2D eigenvalue weighted by Crippen LogP contribution is 2.27. The molecule has 0 N–H and O–H groups in total. The molecule has 0 aliphatic carbocycles. The monoisotopic (exact) mass is 267 g/mol. The topological polar surface area (TPSA) is 57.0 Å². The number of rotatable bonds is 2. The summed E-state index contributed by atoms with van der Waals surface area (Å²) in [6.45, 7) is 5.86. The summed E-state index contributed by atoms with van der Waals surface area (Å²) in [4.78, 5) is 12.0. The van der Waals surface area contributed by atoms with Crippen molar-refractivity contribution in [3.8, 4) is 11.3 Å². The fourth-order valence-corrected chi connectivity index (χ4v) is 2.25. The molecule has 5 nitrogen and oxygen atoms in total. The van der Waals surface area contributed by atoms with Gasteiger partial charge in [-0.25, -0.2) is 4.79 Å². The SMILES string of the molecule is CC.COC(=O)c1snc(-c2cnn(C)c2)c1C. The van der Waals surface area contributed by atoms with Crippen molar-refractivity contribution < 1.29 is 9.53 Å². The molecule has 2 rings (SSSR count). The van der Waals surface area contributed by atoms with Gasteiger partial charge < -0.3 is 4.74 Å². The van der Waals surface area contributed by atoms with Gasteiger partial charge in [0.1, 0.15) is 4.88 Å². The van der Waals surface area contributed by atoms with E-state index in [1.807, 2.05) is 34.0 Å². The Morgan fingerprint density at radius 2 is 2.11 bits per heavy atom. The van der Waals surface area contributed by atoms with E-state index in [1.165, 1.54) is 7.11 Å². The molecule has 0 radical (unpaired) electrons. The maximum Gasteiger partial charge on any atom is 0.349 e. The molecule has 2 aromatic heterocycles. The summed E-state index contributed by atoms with van der Waals surface area (Å²) in [5.74, 6) is -0.342. The first kappa shape index (κ1) is 14.4. The van der Waals surface area contributed by atoms with Gasteiger partial charge in [-0.3, -0.25) is 4.68 Å². The summed E-state index contributed by atoms with van der Waals surface area (Å²) in [7, 11) is 3.21. The lowest BCUT2D eigenvalue weighted by atomic mass is 10.1. The number of carbonyl (C=O) groups excluding carboxylic acids is 1. The third-order valence-corrected chi connectivity index (χ3v) is 3.20. The van der Waals surface area contributed by atoms with Crippen LogP contribution in [0.2, 0.25) is 0 Å². The molecule has 0 aliphatic heterocycles. The Bertz CT molecular complexity index is 531. The van der Waals surface area contributed by atoms with Gasteiger partial charge in [0, 0.05) is 24.4 Å². The van der Waals surface area contributed by atoms with Gasteiger partial charge >= 0.3 is 5.97 Å². The number of esters is 1. The maximum atomic E-state index is 11.4. The van der Waals surface area contributed by atoms with Crippen LogP contribution in [0.4, 0.5) is 0 Å². The summed E-state index contributed by atoms with van der Waals surface area (Å²) >= 11 is 1.15. The lowest BCUT2D eigenvalue weighted by Crippen LogP contribution is -1.99. The second kappa shape index (κ2) is 6.30. The van der Waals surface area contributed by atoms with Gasteiger partial charge in [-0.2, -0.15) is 9.47 Å². The Kier molecular flexibility index (Phi) is 5.03. The molecule has 2 heterocycles. The highest BCUT2D eigenvalue weighted by atomic mass is 32.1. The molecule has 0 fully saturated rings. The van der Waals surface area contributed by atoms with Gasteiger partial charge in [-0.1, -0.05) is 13.8 Å². The van der Waals surface area contributed by atoms with Crippen molar-refractivity contribution in [1.29, 1.82) is 0 Å². The van der Waals surface area contributed by atoms with Gasteiger partial charge in [-0.15, -0.1) is 0 Å². The number of methoxy groups -OCH3 is 1. The van der Waals surface area contributed by atoms with Crippen LogP contribution >= 0.6 is 11.5 Å². The summed E-state index contributed by atoms with van der Waals surface area (Å²) in [6, 6.07) is 0. The van der Waals surface area contributed by atoms with Gasteiger partial charge in [-0.05, 0) is 18.5 Å². The van der Waals surface area contributed by atoms with E-state index in [9.17, 15) is 4.79 Å². The van der Waals surface area contributed by atoms with Crippen LogP contribution in [-0.2, 0) is 11.8 Å². The largest absolute Gasteiger partial charge is 0.465 e. The van der Waals surface area contributed by atoms with Crippen LogP contribution in [0.1, 0.15) is 29.1 Å². The highest BCUT2D eigenvalue weighted by Gasteiger charge is 2.18. The molecular weight excluding hydrogens is 250 g/mol. The molecule has 0 saturated heterocycles. The maximum absolute atomic E-state index is 11.4. The Balaban J connectivity index is 0.000000771. The van der Waals surface area contributed by atoms with Gasteiger partial charge in [0.05, 0.1) is 19.0 Å². The summed E-state index contributed by atoms with van der Waals surface area (Å²) in [5.41, 5.74) is 2.54. The van der Waals surface area contributed by atoms with Crippen molar-refractivity contribution in [3.05, 3.63) is 22.8 Å². The first-order chi connectivity index (χ1) is 8.63. The van der Waals surface area contributed by atoms with Gasteiger partial charge in [0.2, 0.25) is 0 Å². The number of hydrogen-bond acceptors (Lipinski definition) is 5. The lowest BCUT2D eigenvalue weighted by molar-refractivity contribution is 0.0605. The number of nitrogens with zero attached hydrogens (tertiary/aromatic N) is 3. The first-order valence-electron chi connectivity index (χ1n) is 5.67. The molecule has 0 amide bonds. The predicted molar refractivity (Wildman–Crippen MR) is 71.7 cm³/mol. The molecule has 0 unspecified atom stereocenters. The first-order valence-corrected chi connectivity index (χ1v) is 6.44. The molecule has 0 aliphatic rings. The number of aryl methyl sites for hydroxylation is 1. The summed E-state index contributed by atoms with van der Waals surface area (Å²) < 4.78 is 10.6. The van der Waals surface area contributed by atoms with Crippen molar-refractivity contribution in [2.75, 3.05) is 7.11 Å². The van der Waals surface area contributed by atoms with E-state index < -0.39 is 0 Å². The van der Waals surface area contributed by atoms with Crippen molar-refractivity contribution in [2.24, 2.45) is 7.05 Å². The molecule has 2 aromatic rings. The molecule has 0 spiro atoms. The van der Waals surface area contributed by atoms with Crippen LogP contribution in [0.25, 0.3) is 11.3 Å². The van der Waals surface area contributed by atoms with Crippen molar-refractivity contribution >= 4 is 17.5 Å². The Morgan fingerprint density at radius 1 is 1.44 bits per heavy atom. The van der Waals surface area contributed by atoms with E-state index in [0.29, 0.717) is 4.88 Å². The molecule has 6 heteroatoms. The highest BCUT2D eigenvalue weighted by molar-refractivity contribution is 7.08. The number of aromatic nitrogens is 3. The van der Waals surface area contributed by atoms with Crippen molar-refractivity contribution in [2.45, 2.75) is 20.8 Å². The van der Waals surface area contributed by atoms with Crippen LogP contribution in [0.5, 0.6) is 0 Å². The molecule has 0 bridgehead atoms. The second-order valence-corrected chi connectivity index (χ2v) is 4.15. The quantitative estimate of drug-likeness (QED) is 0.785. The lowest BCUT2D eigenvalue weighted by Gasteiger charge is -1.96. The molecule has 18 heavy (non-hydrogen) atoms. The van der Waals surface area contributed by atoms with E-state index >= 15 is 0 Å². The predicted octanol–water partition coefficient (Wildman–Crippen LogP) is 2.66. The van der Waals surface area contributed by atoms with Crippen LogP contribution in [0, 0.1) is 6.92 Å². The Morgan fingerprint density at radius 3 is 2.61 bits per heavy atom. The van der Waals surface area contributed by atoms with Crippen molar-refractivity contribution in [1.82, 2.24) is 14.2 Å². The summed E-state index contributed by atoms with van der Waals surface area (Å²) in [6.07, 6.45) is 3.59. The van der Waals surface area contributed by atoms with Crippen LogP contribution in [0.3, 0.4) is 0 Å². The van der Waals surface area contributed by atoms with Crippen LogP contribution in [-0.4, -0.2) is 27.2 Å². The number of ether oxygens (including phenoxy) is 1. The average molecular weight is 267 g/mol. The zero-order valence-electron chi connectivity index (χ0n) is 11.2. The fraction of sp³-hybridized carbons (Fsp3) is 0.417. The Hall–Kier alpha value is -1.69. The van der Waals surface area contributed by atoms with Gasteiger partial charge in [0.15, 0.2) is 0 Å². The van der Waals surface area contributed by atoms with E-state index in [2.05, 4.69) is 14.2 Å². The molecule has 0 saturated carbocycles. The third kappa shape index (κ3) is 2.76. The fourth-order valence-electron chi connectivity index (χ4n) is 1.43. The van der Waals surface area contributed by atoms with E-state index in [0.717, 1.165) is 28.4 Å². The minimum absolute atomic E-state index is 0.342. The number of hydrogen-bond donors (Lipinski definition) is 0. The van der Waals surface area contributed by atoms with E-state index in [1.54, 1.807) is 10.9 Å². The third-order valence-electron chi connectivity index (χ3n) is 2.27.